The van der Waals surface area contributed by atoms with E-state index in [0.29, 0.717) is 16.9 Å². The fourth-order valence-corrected chi connectivity index (χ4v) is 4.16. The lowest BCUT2D eigenvalue weighted by atomic mass is 10.0. The summed E-state index contributed by atoms with van der Waals surface area (Å²) in [4.78, 5) is 25.9. The predicted molar refractivity (Wildman–Crippen MR) is 132 cm³/mol. The lowest BCUT2D eigenvalue weighted by molar-refractivity contribution is 0.0730. The highest BCUT2D eigenvalue weighted by molar-refractivity contribution is 7.98. The third-order valence-electron chi connectivity index (χ3n) is 5.61. The van der Waals surface area contributed by atoms with Crippen LogP contribution in [0.2, 0.25) is 0 Å². The summed E-state index contributed by atoms with van der Waals surface area (Å²) in [6.07, 6.45) is 3.65. The molecule has 0 aromatic heterocycles. The number of ether oxygens (including phenoxy) is 3. The second-order valence-electron chi connectivity index (χ2n) is 8.05. The van der Waals surface area contributed by atoms with Gasteiger partial charge in [0.25, 0.3) is 0 Å². The Morgan fingerprint density at radius 2 is 1.79 bits per heavy atom. The van der Waals surface area contributed by atoms with E-state index in [4.69, 9.17) is 14.2 Å². The molecule has 0 bridgehead atoms. The highest BCUT2D eigenvalue weighted by Gasteiger charge is 2.16. The molecule has 1 aliphatic heterocycles. The summed E-state index contributed by atoms with van der Waals surface area (Å²) in [7, 11) is 0. The van der Waals surface area contributed by atoms with Crippen LogP contribution < -0.4 is 19.5 Å². The molecule has 3 aromatic carbocycles. The van der Waals surface area contributed by atoms with Crippen LogP contribution in [0.3, 0.4) is 0 Å². The van der Waals surface area contributed by atoms with Crippen LogP contribution in [-0.4, -0.2) is 37.4 Å². The summed E-state index contributed by atoms with van der Waals surface area (Å²) in [5.74, 6) is 1.59. The molecule has 1 aliphatic rings. The molecule has 0 saturated carbocycles. The van der Waals surface area contributed by atoms with Gasteiger partial charge in [-0.05, 0) is 74.0 Å². The number of hydrogen-bond donors (Lipinski definition) is 1. The van der Waals surface area contributed by atoms with Gasteiger partial charge in [-0.25, -0.2) is 4.79 Å². The minimum atomic E-state index is -0.423. The third kappa shape index (κ3) is 5.98. The molecule has 0 radical (unpaired) electrons. The first-order valence-corrected chi connectivity index (χ1v) is 12.4. The van der Waals surface area contributed by atoms with Gasteiger partial charge in [0, 0.05) is 11.6 Å². The van der Waals surface area contributed by atoms with Crippen molar-refractivity contribution in [1.82, 2.24) is 5.32 Å². The molecule has 176 valence electrons. The fraction of sp³-hybridized carbons (Fsp3) is 0.259. The van der Waals surface area contributed by atoms with Gasteiger partial charge in [0.1, 0.15) is 5.75 Å². The van der Waals surface area contributed by atoms with Crippen LogP contribution >= 0.6 is 11.8 Å². The molecule has 1 atom stereocenters. The van der Waals surface area contributed by atoms with Crippen LogP contribution in [0.4, 0.5) is 0 Å². The molecule has 1 heterocycles. The Kier molecular flexibility index (Phi) is 7.87. The largest absolute Gasteiger partial charge is 0.454 e. The summed E-state index contributed by atoms with van der Waals surface area (Å²) in [5.41, 5.74) is 2.24. The van der Waals surface area contributed by atoms with Gasteiger partial charge in [-0.3, -0.25) is 4.79 Å². The molecule has 7 heteroatoms. The second-order valence-corrected chi connectivity index (χ2v) is 8.90. The van der Waals surface area contributed by atoms with Crippen LogP contribution in [0.5, 0.6) is 17.2 Å². The maximum Gasteiger partial charge on any atom is 0.343 e. The molecule has 0 aliphatic carbocycles. The third-order valence-corrected chi connectivity index (χ3v) is 6.37. The highest BCUT2D eigenvalue weighted by atomic mass is 32.2. The fourth-order valence-electron chi connectivity index (χ4n) is 3.61. The van der Waals surface area contributed by atoms with E-state index >= 15 is 0 Å². The number of esters is 1. The van der Waals surface area contributed by atoms with E-state index in [1.165, 1.54) is 17.3 Å². The maximum absolute atomic E-state index is 12.8. The van der Waals surface area contributed by atoms with Gasteiger partial charge in [-0.2, -0.15) is 0 Å². The average Bonchev–Trinajstić information content (AvgIpc) is 3.34. The monoisotopic (exact) mass is 477 g/mol. The number of benzene rings is 3. The Labute approximate surface area is 203 Å². The molecule has 0 saturated heterocycles. The molecule has 34 heavy (non-hydrogen) atoms. The van der Waals surface area contributed by atoms with E-state index in [-0.39, 0.29) is 25.2 Å². The number of rotatable bonds is 10. The lowest BCUT2D eigenvalue weighted by Gasteiger charge is -2.14. The van der Waals surface area contributed by atoms with Crippen molar-refractivity contribution in [3.63, 3.8) is 0 Å². The normalized spacial score (nSPS) is 12.9. The van der Waals surface area contributed by atoms with E-state index in [1.807, 2.05) is 30.5 Å². The Balaban J connectivity index is 1.29. The molecule has 4 rings (SSSR count). The van der Waals surface area contributed by atoms with Crippen LogP contribution in [0.25, 0.3) is 0 Å². The Morgan fingerprint density at radius 3 is 2.59 bits per heavy atom. The van der Waals surface area contributed by atoms with Crippen LogP contribution in [0.15, 0.2) is 71.6 Å². The number of hydrogen-bond acceptors (Lipinski definition) is 7. The van der Waals surface area contributed by atoms with E-state index in [2.05, 4.69) is 12.2 Å². The number of Topliss-reactive ketones (excluding diaryl/α,β-unsaturated/α-hetero) is 1. The Bertz CT molecular complexity index is 1160. The first-order valence-electron chi connectivity index (χ1n) is 11.1. The number of nitrogens with one attached hydrogen (secondary N) is 1. The maximum atomic E-state index is 12.8. The van der Waals surface area contributed by atoms with Crippen LogP contribution in [0, 0.1) is 0 Å². The molecule has 0 spiro atoms. The Hall–Kier alpha value is -3.29. The number of ketones is 1. The molecule has 0 fully saturated rings. The smallest absolute Gasteiger partial charge is 0.343 e. The van der Waals surface area contributed by atoms with Gasteiger partial charge >= 0.3 is 5.97 Å². The molecule has 0 amide bonds. The van der Waals surface area contributed by atoms with Crippen molar-refractivity contribution >= 4 is 23.5 Å². The summed E-state index contributed by atoms with van der Waals surface area (Å²) in [5, 5.41) is 3.31. The highest BCUT2D eigenvalue weighted by Crippen LogP contribution is 2.33. The zero-order chi connectivity index (χ0) is 23.9. The topological polar surface area (TPSA) is 73.9 Å². The standard InChI is InChI=1S/C27H27NO5S/c1-18(8-9-19-10-12-23-25(14-19)32-17-31-23)28-16-22(29)21-11-13-24(26(15-21)34-2)33-27(30)20-6-4-3-5-7-20/h3-7,10-15,18,28H,8-9,16-17H2,1-2H3. The molecule has 1 N–H and O–H groups in total. The number of fused-ring (bicyclic) bond motifs is 1. The van der Waals surface area contributed by atoms with Crippen molar-refractivity contribution in [2.24, 2.45) is 0 Å². The van der Waals surface area contributed by atoms with Crippen LogP contribution in [-0.2, 0) is 6.42 Å². The summed E-state index contributed by atoms with van der Waals surface area (Å²) >= 11 is 1.43. The first-order chi connectivity index (χ1) is 16.5. The molecular formula is C27H27NO5S. The van der Waals surface area contributed by atoms with Gasteiger partial charge in [0.05, 0.1) is 17.0 Å². The number of carbonyl (C=O) groups excluding carboxylic acids is 2. The summed E-state index contributed by atoms with van der Waals surface area (Å²) in [6, 6.07) is 20.2. The van der Waals surface area contributed by atoms with Crippen molar-refractivity contribution in [2.75, 3.05) is 19.6 Å². The van der Waals surface area contributed by atoms with Crippen molar-refractivity contribution in [3.05, 3.63) is 83.4 Å². The predicted octanol–water partition coefficient (Wildman–Crippen LogP) is 5.15. The Morgan fingerprint density at radius 1 is 1.00 bits per heavy atom. The number of aryl methyl sites for hydroxylation is 1. The SMILES string of the molecule is CSc1cc(C(=O)CNC(C)CCc2ccc3c(c2)OCO3)ccc1OC(=O)c1ccccc1. The van der Waals surface area contributed by atoms with Crippen molar-refractivity contribution in [2.45, 2.75) is 30.7 Å². The van der Waals surface area contributed by atoms with Gasteiger partial charge in [0.15, 0.2) is 17.3 Å². The minimum absolute atomic E-state index is 0.00818. The van der Waals surface area contributed by atoms with E-state index < -0.39 is 5.97 Å². The minimum Gasteiger partial charge on any atom is -0.454 e. The zero-order valence-electron chi connectivity index (χ0n) is 19.2. The average molecular weight is 478 g/mol. The lowest BCUT2D eigenvalue weighted by Crippen LogP contribution is -2.31. The van der Waals surface area contributed by atoms with E-state index in [9.17, 15) is 9.59 Å². The molecular weight excluding hydrogens is 450 g/mol. The van der Waals surface area contributed by atoms with Gasteiger partial charge in [-0.15, -0.1) is 11.8 Å². The van der Waals surface area contributed by atoms with E-state index in [1.54, 1.807) is 42.5 Å². The van der Waals surface area contributed by atoms with Gasteiger partial charge in [-0.1, -0.05) is 24.3 Å². The number of carbonyl (C=O) groups is 2. The number of thioether (sulfide) groups is 1. The molecule has 3 aromatic rings. The van der Waals surface area contributed by atoms with Gasteiger partial charge in [0.2, 0.25) is 6.79 Å². The van der Waals surface area contributed by atoms with Crippen LogP contribution in [0.1, 0.15) is 39.6 Å². The summed E-state index contributed by atoms with van der Waals surface area (Å²) < 4.78 is 16.3. The van der Waals surface area contributed by atoms with Crippen molar-refractivity contribution in [1.29, 1.82) is 0 Å². The first kappa shape index (κ1) is 23.9. The zero-order valence-corrected chi connectivity index (χ0v) is 20.0. The molecule has 6 nitrogen and oxygen atoms in total. The van der Waals surface area contributed by atoms with E-state index in [0.717, 1.165) is 29.2 Å². The van der Waals surface area contributed by atoms with Crippen molar-refractivity contribution in [3.8, 4) is 17.2 Å². The molecule has 1 unspecified atom stereocenters. The quantitative estimate of drug-likeness (QED) is 0.187. The summed E-state index contributed by atoms with van der Waals surface area (Å²) in [6.45, 7) is 2.58. The van der Waals surface area contributed by atoms with Crippen molar-refractivity contribution < 1.29 is 23.8 Å². The van der Waals surface area contributed by atoms with Gasteiger partial charge < -0.3 is 19.5 Å². The second kappa shape index (κ2) is 11.2.